The molecule has 0 spiro atoms. The second-order valence-electron chi connectivity index (χ2n) is 11.8. The number of carbonyl (C=O) groups is 5. The first kappa shape index (κ1) is 31.5. The minimum Gasteiger partial charge on any atom is -0.347 e. The average molecular weight is 563 g/mol. The van der Waals surface area contributed by atoms with Crippen molar-refractivity contribution in [2.75, 3.05) is 0 Å². The molecule has 220 valence electrons. The second kappa shape index (κ2) is 14.6. The van der Waals surface area contributed by atoms with Gasteiger partial charge < -0.3 is 21.3 Å². The van der Waals surface area contributed by atoms with Gasteiger partial charge in [0.05, 0.1) is 0 Å². The number of benzene rings is 2. The minimum atomic E-state index is -1.09. The van der Waals surface area contributed by atoms with E-state index in [1.807, 2.05) is 30.3 Å². The second-order valence-corrected chi connectivity index (χ2v) is 11.8. The molecule has 41 heavy (non-hydrogen) atoms. The molecule has 4 N–H and O–H groups in total. The molecule has 9 nitrogen and oxygen atoms in total. The molecule has 1 unspecified atom stereocenters. The Labute approximate surface area is 242 Å². The van der Waals surface area contributed by atoms with Gasteiger partial charge in [0.1, 0.15) is 18.1 Å². The highest BCUT2D eigenvalue weighted by molar-refractivity contribution is 6.38. The van der Waals surface area contributed by atoms with Crippen LogP contribution in [0.1, 0.15) is 75.7 Å². The zero-order chi connectivity index (χ0) is 30.0. The van der Waals surface area contributed by atoms with Gasteiger partial charge in [0.2, 0.25) is 17.6 Å². The highest BCUT2D eigenvalue weighted by atomic mass is 16.2. The number of nitrogens with one attached hydrogen (secondary N) is 4. The topological polar surface area (TPSA) is 133 Å². The molecule has 0 bridgehead atoms. The van der Waals surface area contributed by atoms with Gasteiger partial charge in [-0.2, -0.15) is 0 Å². The van der Waals surface area contributed by atoms with Crippen LogP contribution >= 0.6 is 0 Å². The number of rotatable bonds is 11. The molecule has 4 amide bonds. The van der Waals surface area contributed by atoms with Crippen LogP contribution in [0.3, 0.4) is 0 Å². The first-order valence-corrected chi connectivity index (χ1v) is 14.3. The van der Waals surface area contributed by atoms with Crippen molar-refractivity contribution in [1.82, 2.24) is 21.3 Å². The molecule has 3 atom stereocenters. The van der Waals surface area contributed by atoms with Crippen LogP contribution < -0.4 is 21.3 Å². The molecular formula is C32H42N4O5. The Bertz CT molecular complexity index is 1200. The number of amides is 4. The summed E-state index contributed by atoms with van der Waals surface area (Å²) in [4.78, 5) is 65.3. The van der Waals surface area contributed by atoms with E-state index < -0.39 is 53.0 Å². The predicted octanol–water partition coefficient (Wildman–Crippen LogP) is 3.08. The van der Waals surface area contributed by atoms with Crippen molar-refractivity contribution in [2.45, 2.75) is 90.4 Å². The van der Waals surface area contributed by atoms with Crippen molar-refractivity contribution in [3.63, 3.8) is 0 Å². The lowest BCUT2D eigenvalue weighted by Gasteiger charge is -2.32. The molecule has 9 heteroatoms. The van der Waals surface area contributed by atoms with Gasteiger partial charge in [-0.05, 0) is 42.9 Å². The molecule has 0 saturated heterocycles. The normalized spacial score (nSPS) is 16.0. The van der Waals surface area contributed by atoms with Crippen LogP contribution in [-0.4, -0.2) is 53.6 Å². The van der Waals surface area contributed by atoms with E-state index in [1.165, 1.54) is 6.92 Å². The highest BCUT2D eigenvalue weighted by Gasteiger charge is 2.38. The van der Waals surface area contributed by atoms with Crippen LogP contribution in [-0.2, 0) is 25.6 Å². The Morgan fingerprint density at radius 3 is 1.95 bits per heavy atom. The molecule has 0 aliphatic heterocycles. The Morgan fingerprint density at radius 1 is 0.780 bits per heavy atom. The Kier molecular flexibility index (Phi) is 11.2. The summed E-state index contributed by atoms with van der Waals surface area (Å²) in [6.45, 7) is 6.80. The molecule has 1 fully saturated rings. The summed E-state index contributed by atoms with van der Waals surface area (Å²) in [5.41, 5.74) is 0.488. The summed E-state index contributed by atoms with van der Waals surface area (Å²) in [5, 5.41) is 11.0. The van der Waals surface area contributed by atoms with E-state index in [9.17, 15) is 24.0 Å². The van der Waals surface area contributed by atoms with Gasteiger partial charge in [0, 0.05) is 18.0 Å². The van der Waals surface area contributed by atoms with Gasteiger partial charge in [-0.1, -0.05) is 88.6 Å². The van der Waals surface area contributed by atoms with E-state index in [0.717, 1.165) is 37.7 Å². The Morgan fingerprint density at radius 2 is 1.37 bits per heavy atom. The maximum atomic E-state index is 13.3. The van der Waals surface area contributed by atoms with Gasteiger partial charge in [0.15, 0.2) is 0 Å². The number of hydrogen-bond donors (Lipinski definition) is 4. The fourth-order valence-electron chi connectivity index (χ4n) is 4.85. The molecule has 0 heterocycles. The lowest BCUT2D eigenvalue weighted by molar-refractivity contribution is -0.142. The van der Waals surface area contributed by atoms with Gasteiger partial charge in [-0.15, -0.1) is 0 Å². The molecule has 0 radical (unpaired) electrons. The maximum absolute atomic E-state index is 13.3. The molecule has 1 saturated carbocycles. The van der Waals surface area contributed by atoms with Crippen molar-refractivity contribution in [1.29, 1.82) is 0 Å². The Hall–Kier alpha value is -4.01. The third kappa shape index (κ3) is 9.55. The van der Waals surface area contributed by atoms with Crippen molar-refractivity contribution in [2.24, 2.45) is 5.41 Å². The standard InChI is InChI=1S/C32H42N4O5/c1-21(28(38)36-27(32(2,3)4)26(37)31(41)34-24-18-12-7-13-19-24)33-30(40)25(20-22-14-8-5-9-15-22)35-29(39)23-16-10-6-11-17-23/h5-6,8-11,14-17,21,24-25,27H,7,12-13,18-20H2,1-4H3,(H,33,40)(H,34,41)(H,35,39)(H,36,38)/t21?,25-,27+/m0/s1. The fourth-order valence-corrected chi connectivity index (χ4v) is 4.85. The van der Waals surface area contributed by atoms with Crippen LogP contribution in [0.4, 0.5) is 0 Å². The lowest BCUT2D eigenvalue weighted by atomic mass is 9.83. The summed E-state index contributed by atoms with van der Waals surface area (Å²) in [6.07, 6.45) is 5.01. The van der Waals surface area contributed by atoms with E-state index >= 15 is 0 Å². The fraction of sp³-hybridized carbons (Fsp3) is 0.469. The third-order valence-electron chi connectivity index (χ3n) is 7.27. The van der Waals surface area contributed by atoms with Crippen molar-refractivity contribution < 1.29 is 24.0 Å². The van der Waals surface area contributed by atoms with E-state index in [4.69, 9.17) is 0 Å². The molecular weight excluding hydrogens is 520 g/mol. The highest BCUT2D eigenvalue weighted by Crippen LogP contribution is 2.22. The van der Waals surface area contributed by atoms with Gasteiger partial charge in [-0.3, -0.25) is 24.0 Å². The third-order valence-corrected chi connectivity index (χ3v) is 7.27. The van der Waals surface area contributed by atoms with Crippen LogP contribution in [0.5, 0.6) is 0 Å². The number of carbonyl (C=O) groups excluding carboxylic acids is 5. The number of hydrogen-bond acceptors (Lipinski definition) is 5. The summed E-state index contributed by atoms with van der Waals surface area (Å²) >= 11 is 0. The monoisotopic (exact) mass is 562 g/mol. The van der Waals surface area contributed by atoms with Gasteiger partial charge >= 0.3 is 0 Å². The number of ketones is 1. The maximum Gasteiger partial charge on any atom is 0.289 e. The molecule has 3 rings (SSSR count). The predicted molar refractivity (Wildman–Crippen MR) is 157 cm³/mol. The lowest BCUT2D eigenvalue weighted by Crippen LogP contribution is -2.59. The average Bonchev–Trinajstić information content (AvgIpc) is 2.95. The molecule has 2 aromatic rings. The van der Waals surface area contributed by atoms with Crippen molar-refractivity contribution in [3.8, 4) is 0 Å². The Balaban J connectivity index is 1.67. The molecule has 2 aromatic carbocycles. The first-order valence-electron chi connectivity index (χ1n) is 14.3. The quantitative estimate of drug-likeness (QED) is 0.313. The summed E-state index contributed by atoms with van der Waals surface area (Å²) < 4.78 is 0. The smallest absolute Gasteiger partial charge is 0.289 e. The molecule has 0 aromatic heterocycles. The summed E-state index contributed by atoms with van der Waals surface area (Å²) in [5.74, 6) is -2.99. The van der Waals surface area contributed by atoms with Gasteiger partial charge in [-0.25, -0.2) is 0 Å². The summed E-state index contributed by atoms with van der Waals surface area (Å²) in [6, 6.07) is 14.7. The zero-order valence-corrected chi connectivity index (χ0v) is 24.4. The van der Waals surface area contributed by atoms with Crippen molar-refractivity contribution in [3.05, 3.63) is 71.8 Å². The molecule has 1 aliphatic rings. The van der Waals surface area contributed by atoms with E-state index in [-0.39, 0.29) is 12.5 Å². The van der Waals surface area contributed by atoms with E-state index in [1.54, 1.807) is 51.1 Å². The van der Waals surface area contributed by atoms with Crippen LogP contribution in [0.25, 0.3) is 0 Å². The SMILES string of the molecule is CC(NC(=O)[C@H](Cc1ccccc1)NC(=O)c1ccccc1)C(=O)N[C@H](C(=O)C(=O)NC1CCCCC1)C(C)(C)C. The van der Waals surface area contributed by atoms with E-state index in [0.29, 0.717) is 5.56 Å². The van der Waals surface area contributed by atoms with Crippen LogP contribution in [0.15, 0.2) is 60.7 Å². The first-order chi connectivity index (χ1) is 19.5. The van der Waals surface area contributed by atoms with Crippen LogP contribution in [0, 0.1) is 5.41 Å². The minimum absolute atomic E-state index is 0.0395. The zero-order valence-electron chi connectivity index (χ0n) is 24.4. The largest absolute Gasteiger partial charge is 0.347 e. The van der Waals surface area contributed by atoms with Gasteiger partial charge in [0.25, 0.3) is 11.8 Å². The van der Waals surface area contributed by atoms with Crippen molar-refractivity contribution >= 4 is 29.4 Å². The number of Topliss-reactive ketones (excluding diaryl/α,β-unsaturated/α-hetero) is 1. The summed E-state index contributed by atoms with van der Waals surface area (Å²) in [7, 11) is 0. The van der Waals surface area contributed by atoms with Crippen LogP contribution in [0.2, 0.25) is 0 Å². The molecule has 1 aliphatic carbocycles. The van der Waals surface area contributed by atoms with E-state index in [2.05, 4.69) is 21.3 Å².